The molecule has 0 bridgehead atoms. The maximum atomic E-state index is 14.7. The average Bonchev–Trinajstić information content (AvgIpc) is 3.65. The van der Waals surface area contributed by atoms with Crippen molar-refractivity contribution in [3.05, 3.63) is 141 Å². The number of hydrogen-bond acceptors (Lipinski definition) is 6. The van der Waals surface area contributed by atoms with Gasteiger partial charge in [0.05, 0.1) is 6.61 Å². The predicted octanol–water partition coefficient (Wildman–Crippen LogP) is 6.17. The van der Waals surface area contributed by atoms with Crippen molar-refractivity contribution < 1.29 is 19.4 Å². The summed E-state index contributed by atoms with van der Waals surface area (Å²) >= 11 is 0. The van der Waals surface area contributed by atoms with E-state index in [0.717, 1.165) is 18.4 Å². The van der Waals surface area contributed by atoms with Gasteiger partial charge in [0.25, 0.3) is 5.91 Å². The van der Waals surface area contributed by atoms with Gasteiger partial charge in [0.2, 0.25) is 5.90 Å². The van der Waals surface area contributed by atoms with Crippen molar-refractivity contribution in [2.45, 2.75) is 43.4 Å². The largest absolute Gasteiger partial charge is 0.494 e. The molecule has 4 aromatic rings. The van der Waals surface area contributed by atoms with E-state index in [-0.39, 0.29) is 25.0 Å². The first-order valence-electron chi connectivity index (χ1n) is 14.8. The third-order valence-electron chi connectivity index (χ3n) is 8.12. The Labute approximate surface area is 255 Å². The van der Waals surface area contributed by atoms with Gasteiger partial charge < -0.3 is 19.9 Å². The SMILES string of the molecule is [N-]=[N+]=Nc1ccccc1C[C@@]1(C(=O)NC2Cc3ccccc3C2)N=C(c2ccc(OCCCO)cc2)O[C@@H]1c1ccccc1. The lowest BCUT2D eigenvalue weighted by Crippen LogP contribution is -2.53. The van der Waals surface area contributed by atoms with Crippen LogP contribution in [0.1, 0.15) is 40.3 Å². The van der Waals surface area contributed by atoms with Gasteiger partial charge in [-0.2, -0.15) is 0 Å². The zero-order valence-corrected chi connectivity index (χ0v) is 24.2. The van der Waals surface area contributed by atoms with Gasteiger partial charge in [-0.3, -0.25) is 4.79 Å². The highest BCUT2D eigenvalue weighted by atomic mass is 16.5. The number of rotatable bonds is 11. The second kappa shape index (κ2) is 13.0. The first kappa shape index (κ1) is 29.0. The highest BCUT2D eigenvalue weighted by molar-refractivity contribution is 6.01. The normalized spacial score (nSPS) is 18.9. The van der Waals surface area contributed by atoms with Crippen LogP contribution < -0.4 is 10.1 Å². The Morgan fingerprint density at radius 2 is 1.66 bits per heavy atom. The molecule has 0 aromatic heterocycles. The Morgan fingerprint density at radius 1 is 0.977 bits per heavy atom. The Balaban J connectivity index is 1.41. The van der Waals surface area contributed by atoms with Gasteiger partial charge in [0.15, 0.2) is 11.6 Å². The van der Waals surface area contributed by atoms with E-state index < -0.39 is 11.6 Å². The van der Waals surface area contributed by atoms with Crippen molar-refractivity contribution >= 4 is 17.5 Å². The number of amides is 1. The Hall–Kier alpha value is -5.11. The van der Waals surface area contributed by atoms with Crippen molar-refractivity contribution in [1.29, 1.82) is 0 Å². The summed E-state index contributed by atoms with van der Waals surface area (Å²) in [5.41, 5.74) is 13.0. The van der Waals surface area contributed by atoms with Crippen LogP contribution in [0, 0.1) is 0 Å². The Kier molecular flexibility index (Phi) is 8.59. The molecule has 44 heavy (non-hydrogen) atoms. The fourth-order valence-corrected chi connectivity index (χ4v) is 5.98. The number of hydrogen-bond donors (Lipinski definition) is 2. The third kappa shape index (κ3) is 6.01. The monoisotopic (exact) mass is 587 g/mol. The molecule has 2 N–H and O–H groups in total. The molecule has 0 unspecified atom stereocenters. The second-order valence-electron chi connectivity index (χ2n) is 11.0. The van der Waals surface area contributed by atoms with E-state index >= 15 is 0 Å². The molecule has 0 saturated carbocycles. The quantitative estimate of drug-likeness (QED) is 0.0941. The summed E-state index contributed by atoms with van der Waals surface area (Å²) in [6.45, 7) is 0.464. The molecule has 1 aliphatic heterocycles. The number of aliphatic hydroxyl groups excluding tert-OH is 1. The molecular weight excluding hydrogens is 554 g/mol. The fraction of sp³-hybridized carbons (Fsp3) is 0.257. The van der Waals surface area contributed by atoms with Gasteiger partial charge in [-0.05, 0) is 64.9 Å². The molecule has 6 rings (SSSR count). The van der Waals surface area contributed by atoms with E-state index in [1.165, 1.54) is 11.1 Å². The summed E-state index contributed by atoms with van der Waals surface area (Å²) < 4.78 is 12.3. The minimum absolute atomic E-state index is 0.0590. The third-order valence-corrected chi connectivity index (χ3v) is 8.12. The smallest absolute Gasteiger partial charge is 0.252 e. The number of nitrogens with one attached hydrogen (secondary N) is 1. The van der Waals surface area contributed by atoms with Gasteiger partial charge in [-0.1, -0.05) is 84.0 Å². The van der Waals surface area contributed by atoms with Gasteiger partial charge in [-0.15, -0.1) is 0 Å². The summed E-state index contributed by atoms with van der Waals surface area (Å²) in [4.78, 5) is 22.8. The van der Waals surface area contributed by atoms with Crippen molar-refractivity contribution in [2.24, 2.45) is 10.1 Å². The fourth-order valence-electron chi connectivity index (χ4n) is 5.98. The summed E-state index contributed by atoms with van der Waals surface area (Å²) in [7, 11) is 0. The van der Waals surface area contributed by atoms with Crippen LogP contribution in [0.2, 0.25) is 0 Å². The molecule has 2 aliphatic rings. The topological polar surface area (TPSA) is 129 Å². The molecule has 9 nitrogen and oxygen atoms in total. The van der Waals surface area contributed by atoms with Crippen LogP contribution in [0.5, 0.6) is 5.75 Å². The Bertz CT molecular complexity index is 1680. The van der Waals surface area contributed by atoms with E-state index in [4.69, 9.17) is 19.6 Å². The lowest BCUT2D eigenvalue weighted by Gasteiger charge is -2.32. The second-order valence-corrected chi connectivity index (χ2v) is 11.0. The summed E-state index contributed by atoms with van der Waals surface area (Å²) in [5.74, 6) is 0.749. The summed E-state index contributed by atoms with van der Waals surface area (Å²) in [6, 6.07) is 32.4. The lowest BCUT2D eigenvalue weighted by molar-refractivity contribution is -0.129. The van der Waals surface area contributed by atoms with E-state index in [0.29, 0.717) is 41.5 Å². The maximum Gasteiger partial charge on any atom is 0.252 e. The number of ether oxygens (including phenoxy) is 2. The van der Waals surface area contributed by atoms with Gasteiger partial charge >= 0.3 is 0 Å². The van der Waals surface area contributed by atoms with E-state index in [9.17, 15) is 10.3 Å². The summed E-state index contributed by atoms with van der Waals surface area (Å²) in [5, 5.41) is 16.3. The lowest BCUT2D eigenvalue weighted by atomic mass is 9.81. The zero-order chi connectivity index (χ0) is 30.4. The number of nitrogens with zero attached hydrogens (tertiary/aromatic N) is 4. The molecular formula is C35H33N5O4. The van der Waals surface area contributed by atoms with Crippen molar-refractivity contribution in [3.63, 3.8) is 0 Å². The molecule has 4 aromatic carbocycles. The van der Waals surface area contributed by atoms with Gasteiger partial charge in [0.1, 0.15) is 5.75 Å². The minimum atomic E-state index is -1.40. The van der Waals surface area contributed by atoms with Crippen LogP contribution in [-0.2, 0) is 28.8 Å². The Morgan fingerprint density at radius 3 is 2.36 bits per heavy atom. The maximum absolute atomic E-state index is 14.7. The zero-order valence-electron chi connectivity index (χ0n) is 24.2. The number of aliphatic hydroxyl groups is 1. The molecule has 0 fully saturated rings. The number of benzene rings is 4. The van der Waals surface area contributed by atoms with Crippen LogP contribution in [-0.4, -0.2) is 41.7 Å². The average molecular weight is 588 g/mol. The number of aliphatic imine (C=N–C) groups is 1. The number of carbonyl (C=O) groups excluding carboxylic acids is 1. The van der Waals surface area contributed by atoms with Crippen LogP contribution >= 0.6 is 0 Å². The van der Waals surface area contributed by atoms with Crippen molar-refractivity contribution in [1.82, 2.24) is 5.32 Å². The standard InChI is InChI=1S/C35H33N5O4/c36-40-39-31-14-7-6-13-28(31)23-35(34(42)37-29-21-26-11-4-5-12-27(26)22-29)32(24-9-2-1-3-10-24)44-33(38-35)25-15-17-30(18-16-25)43-20-8-19-41/h1-7,9-18,29,32,41H,8,19-23H2,(H,37,42)/t32-,35-/m1/s1. The van der Waals surface area contributed by atoms with Crippen molar-refractivity contribution in [2.75, 3.05) is 13.2 Å². The molecule has 1 aliphatic carbocycles. The van der Waals surface area contributed by atoms with Crippen LogP contribution in [0.15, 0.2) is 113 Å². The highest BCUT2D eigenvalue weighted by Crippen LogP contribution is 2.44. The molecule has 9 heteroatoms. The molecule has 2 atom stereocenters. The molecule has 0 spiro atoms. The summed E-state index contributed by atoms with van der Waals surface area (Å²) in [6.07, 6.45) is 1.41. The number of carbonyl (C=O) groups is 1. The van der Waals surface area contributed by atoms with E-state index in [2.05, 4.69) is 27.5 Å². The molecule has 1 heterocycles. The van der Waals surface area contributed by atoms with Crippen LogP contribution in [0.4, 0.5) is 5.69 Å². The predicted molar refractivity (Wildman–Crippen MR) is 168 cm³/mol. The highest BCUT2D eigenvalue weighted by Gasteiger charge is 2.54. The molecule has 0 radical (unpaired) electrons. The van der Waals surface area contributed by atoms with Gasteiger partial charge in [-0.25, -0.2) is 4.99 Å². The van der Waals surface area contributed by atoms with E-state index in [1.807, 2.05) is 78.9 Å². The van der Waals surface area contributed by atoms with Crippen LogP contribution in [0.25, 0.3) is 10.4 Å². The van der Waals surface area contributed by atoms with E-state index in [1.54, 1.807) is 12.1 Å². The first-order valence-corrected chi connectivity index (χ1v) is 14.8. The first-order chi connectivity index (χ1) is 21.6. The van der Waals surface area contributed by atoms with Crippen molar-refractivity contribution in [3.8, 4) is 5.75 Å². The molecule has 222 valence electrons. The number of azide groups is 1. The minimum Gasteiger partial charge on any atom is -0.494 e. The van der Waals surface area contributed by atoms with Gasteiger partial charge in [0, 0.05) is 41.7 Å². The van der Waals surface area contributed by atoms with Crippen LogP contribution in [0.3, 0.4) is 0 Å². The number of fused-ring (bicyclic) bond motifs is 1. The molecule has 0 saturated heterocycles. The molecule has 1 amide bonds.